The molecule has 74 valence electrons. The lowest BCUT2D eigenvalue weighted by atomic mass is 10.2. The second kappa shape index (κ2) is 3.17. The van der Waals surface area contributed by atoms with Gasteiger partial charge in [0.05, 0.1) is 18.1 Å². The lowest BCUT2D eigenvalue weighted by Crippen LogP contribution is -1.93. The predicted molar refractivity (Wildman–Crippen MR) is 61.5 cm³/mol. The van der Waals surface area contributed by atoms with E-state index in [-0.39, 0.29) is 0 Å². The van der Waals surface area contributed by atoms with Gasteiger partial charge in [0.25, 0.3) is 0 Å². The predicted octanol–water partition coefficient (Wildman–Crippen LogP) is 2.79. The monoisotopic (exact) mass is 215 g/mol. The third kappa shape index (κ3) is 1.43. The van der Waals surface area contributed by atoms with Crippen LogP contribution in [-0.4, -0.2) is 15.0 Å². The molecule has 0 unspecified atom stereocenters. The molecule has 0 amide bonds. The van der Waals surface area contributed by atoms with E-state index in [1.54, 1.807) is 22.2 Å². The summed E-state index contributed by atoms with van der Waals surface area (Å²) < 4.78 is 3.06. The summed E-state index contributed by atoms with van der Waals surface area (Å²) in [5.74, 6) is 0. The van der Waals surface area contributed by atoms with E-state index in [1.807, 2.05) is 6.20 Å². The van der Waals surface area contributed by atoms with Gasteiger partial charge < -0.3 is 0 Å². The van der Waals surface area contributed by atoms with Crippen molar-refractivity contribution < 1.29 is 0 Å². The molecule has 3 nitrogen and oxygen atoms in total. The van der Waals surface area contributed by atoms with Gasteiger partial charge in [0.2, 0.25) is 0 Å². The van der Waals surface area contributed by atoms with E-state index in [1.165, 1.54) is 15.0 Å². The van der Waals surface area contributed by atoms with Crippen LogP contribution in [0, 0.1) is 6.92 Å². The average molecular weight is 215 g/mol. The first-order chi connectivity index (χ1) is 7.33. The molecule has 3 rings (SSSR count). The molecule has 0 fully saturated rings. The maximum absolute atomic E-state index is 3.97. The van der Waals surface area contributed by atoms with E-state index in [0.29, 0.717) is 0 Å². The highest BCUT2D eigenvalue weighted by Crippen LogP contribution is 2.26. The zero-order valence-corrected chi connectivity index (χ0v) is 9.03. The summed E-state index contributed by atoms with van der Waals surface area (Å²) in [6.45, 7) is 2.12. The molecule has 3 aromatic rings. The smallest absolute Gasteiger partial charge is 0.0697 e. The van der Waals surface area contributed by atoms with Crippen molar-refractivity contribution in [1.82, 2.24) is 15.0 Å². The topological polar surface area (TPSA) is 30.7 Å². The molecule has 0 N–H and O–H groups in total. The van der Waals surface area contributed by atoms with E-state index < -0.39 is 0 Å². The van der Waals surface area contributed by atoms with Gasteiger partial charge in [0.1, 0.15) is 0 Å². The van der Waals surface area contributed by atoms with E-state index in [0.717, 1.165) is 5.69 Å². The van der Waals surface area contributed by atoms with Gasteiger partial charge in [-0.25, -0.2) is 4.68 Å². The average Bonchev–Trinajstić information content (AvgIpc) is 2.82. The molecule has 0 aliphatic heterocycles. The Labute approximate surface area is 91.0 Å². The van der Waals surface area contributed by atoms with Crippen LogP contribution in [0.5, 0.6) is 0 Å². The molecule has 0 radical (unpaired) electrons. The number of benzene rings is 1. The van der Waals surface area contributed by atoms with Crippen molar-refractivity contribution in [2.45, 2.75) is 6.92 Å². The summed E-state index contributed by atoms with van der Waals surface area (Å²) in [5, 5.41) is 9.06. The first-order valence-corrected chi connectivity index (χ1v) is 5.51. The maximum Gasteiger partial charge on any atom is 0.0697 e. The minimum atomic E-state index is 1.06. The van der Waals surface area contributed by atoms with Crippen LogP contribution in [0.2, 0.25) is 0 Å². The Balaban J connectivity index is 2.21. The second-order valence-electron chi connectivity index (χ2n) is 3.43. The maximum atomic E-state index is 3.97. The lowest BCUT2D eigenvalue weighted by molar-refractivity contribution is 0.804. The number of nitrogens with zero attached hydrogens (tertiary/aromatic N) is 3. The van der Waals surface area contributed by atoms with Crippen LogP contribution in [0.3, 0.4) is 0 Å². The van der Waals surface area contributed by atoms with Gasteiger partial charge in [0.15, 0.2) is 0 Å². The van der Waals surface area contributed by atoms with Gasteiger partial charge in [-0.3, -0.25) is 0 Å². The SMILES string of the molecule is Cc1cc2ccc(-n3ccnn3)cc2s1. The number of hydrogen-bond acceptors (Lipinski definition) is 3. The number of hydrogen-bond donors (Lipinski definition) is 0. The van der Waals surface area contributed by atoms with Gasteiger partial charge >= 0.3 is 0 Å². The van der Waals surface area contributed by atoms with Crippen LogP contribution in [0.1, 0.15) is 4.88 Å². The molecular weight excluding hydrogens is 206 g/mol. The molecule has 4 heteroatoms. The fourth-order valence-electron chi connectivity index (χ4n) is 1.64. The Hall–Kier alpha value is -1.68. The zero-order chi connectivity index (χ0) is 10.3. The molecule has 1 aromatic carbocycles. The van der Waals surface area contributed by atoms with E-state index in [4.69, 9.17) is 0 Å². The van der Waals surface area contributed by atoms with E-state index in [9.17, 15) is 0 Å². The summed E-state index contributed by atoms with van der Waals surface area (Å²) in [5.41, 5.74) is 1.06. The van der Waals surface area contributed by atoms with Crippen molar-refractivity contribution in [3.05, 3.63) is 41.5 Å². The van der Waals surface area contributed by atoms with Crippen LogP contribution >= 0.6 is 11.3 Å². The van der Waals surface area contributed by atoms with E-state index >= 15 is 0 Å². The molecular formula is C11H9N3S. The second-order valence-corrected chi connectivity index (χ2v) is 4.71. The molecule has 15 heavy (non-hydrogen) atoms. The molecule has 0 saturated heterocycles. The third-order valence-electron chi connectivity index (χ3n) is 2.31. The first-order valence-electron chi connectivity index (χ1n) is 4.70. The van der Waals surface area contributed by atoms with Crippen molar-refractivity contribution in [3.8, 4) is 5.69 Å². The van der Waals surface area contributed by atoms with E-state index in [2.05, 4.69) is 41.5 Å². The number of fused-ring (bicyclic) bond motifs is 1. The lowest BCUT2D eigenvalue weighted by Gasteiger charge is -1.98. The fourth-order valence-corrected chi connectivity index (χ4v) is 2.60. The fraction of sp³-hybridized carbons (Fsp3) is 0.0909. The number of thiophene rings is 1. The normalized spacial score (nSPS) is 11.0. The molecule has 0 saturated carbocycles. The minimum absolute atomic E-state index is 1.06. The van der Waals surface area contributed by atoms with Crippen molar-refractivity contribution >= 4 is 21.4 Å². The van der Waals surface area contributed by atoms with Crippen molar-refractivity contribution in [1.29, 1.82) is 0 Å². The minimum Gasteiger partial charge on any atom is -0.221 e. The van der Waals surface area contributed by atoms with Crippen molar-refractivity contribution in [3.63, 3.8) is 0 Å². The van der Waals surface area contributed by atoms with Gasteiger partial charge in [-0.2, -0.15) is 0 Å². The standard InChI is InChI=1S/C11H9N3S/c1-8-6-9-2-3-10(7-11(9)15-8)14-5-4-12-13-14/h2-7H,1H3. The van der Waals surface area contributed by atoms with Gasteiger partial charge in [-0.15, -0.1) is 16.4 Å². The van der Waals surface area contributed by atoms with Gasteiger partial charge in [0, 0.05) is 9.58 Å². The Morgan fingerprint density at radius 2 is 2.20 bits per heavy atom. The van der Waals surface area contributed by atoms with Crippen molar-refractivity contribution in [2.75, 3.05) is 0 Å². The number of aryl methyl sites for hydroxylation is 1. The summed E-state index contributed by atoms with van der Waals surface area (Å²) in [6, 6.07) is 8.52. The highest BCUT2D eigenvalue weighted by molar-refractivity contribution is 7.19. The summed E-state index contributed by atoms with van der Waals surface area (Å²) in [4.78, 5) is 1.33. The Kier molecular flexibility index (Phi) is 1.82. The summed E-state index contributed by atoms with van der Waals surface area (Å²) >= 11 is 1.80. The quantitative estimate of drug-likeness (QED) is 0.625. The van der Waals surface area contributed by atoms with Crippen LogP contribution < -0.4 is 0 Å². The third-order valence-corrected chi connectivity index (χ3v) is 3.33. The first kappa shape index (κ1) is 8.61. The van der Waals surface area contributed by atoms with Gasteiger partial charge in [-0.1, -0.05) is 11.3 Å². The molecule has 0 atom stereocenters. The Morgan fingerprint density at radius 1 is 1.27 bits per heavy atom. The highest BCUT2D eigenvalue weighted by atomic mass is 32.1. The molecule has 2 aromatic heterocycles. The highest BCUT2D eigenvalue weighted by Gasteiger charge is 2.01. The zero-order valence-electron chi connectivity index (χ0n) is 8.21. The molecule has 0 spiro atoms. The van der Waals surface area contributed by atoms with Gasteiger partial charge in [-0.05, 0) is 30.5 Å². The molecule has 0 bridgehead atoms. The van der Waals surface area contributed by atoms with Crippen LogP contribution in [0.25, 0.3) is 15.8 Å². The summed E-state index contributed by atoms with van der Waals surface area (Å²) in [6.07, 6.45) is 3.53. The van der Waals surface area contributed by atoms with Crippen LogP contribution in [0.4, 0.5) is 0 Å². The Bertz CT molecular complexity index is 595. The number of rotatable bonds is 1. The molecule has 0 aliphatic carbocycles. The number of aromatic nitrogens is 3. The largest absolute Gasteiger partial charge is 0.221 e. The molecule has 2 heterocycles. The molecule has 0 aliphatic rings. The summed E-state index contributed by atoms with van der Waals surface area (Å²) in [7, 11) is 0. The Morgan fingerprint density at radius 3 is 3.00 bits per heavy atom. The van der Waals surface area contributed by atoms with Crippen LogP contribution in [0.15, 0.2) is 36.7 Å². The van der Waals surface area contributed by atoms with Crippen molar-refractivity contribution in [2.24, 2.45) is 0 Å². The van der Waals surface area contributed by atoms with Crippen LogP contribution in [-0.2, 0) is 0 Å².